The first kappa shape index (κ1) is 12.8. The van der Waals surface area contributed by atoms with Crippen LogP contribution in [0.4, 0.5) is 5.69 Å². The highest BCUT2D eigenvalue weighted by atomic mass is 16.5. The van der Waals surface area contributed by atoms with Crippen molar-refractivity contribution >= 4 is 5.69 Å². The number of hydrogen-bond donors (Lipinski definition) is 0. The molecule has 1 aromatic rings. The minimum atomic E-state index is 0.250. The summed E-state index contributed by atoms with van der Waals surface area (Å²) in [4.78, 5) is 2.40. The van der Waals surface area contributed by atoms with Gasteiger partial charge in [0.15, 0.2) is 0 Å². The van der Waals surface area contributed by atoms with Crippen LogP contribution in [0.1, 0.15) is 25.0 Å². The van der Waals surface area contributed by atoms with Gasteiger partial charge in [0, 0.05) is 30.3 Å². The standard InChI is InChI=1S/C16H23NO2/c1-12-8-13-10-16(2,3)11-19-15(13)9-14(12)17-4-6-18-7-5-17/h8-9H,4-7,10-11H2,1-3H3. The van der Waals surface area contributed by atoms with Gasteiger partial charge < -0.3 is 14.4 Å². The molecular weight excluding hydrogens is 238 g/mol. The minimum absolute atomic E-state index is 0.250. The van der Waals surface area contributed by atoms with E-state index in [1.54, 1.807) is 0 Å². The summed E-state index contributed by atoms with van der Waals surface area (Å²) in [5.74, 6) is 1.08. The van der Waals surface area contributed by atoms with E-state index in [9.17, 15) is 0 Å². The first-order valence-electron chi connectivity index (χ1n) is 7.14. The van der Waals surface area contributed by atoms with Crippen molar-refractivity contribution in [2.45, 2.75) is 27.2 Å². The summed E-state index contributed by atoms with van der Waals surface area (Å²) in [6.45, 7) is 11.1. The number of morpholine rings is 1. The van der Waals surface area contributed by atoms with Gasteiger partial charge in [0.25, 0.3) is 0 Å². The highest BCUT2D eigenvalue weighted by Crippen LogP contribution is 2.38. The molecule has 0 saturated carbocycles. The van der Waals surface area contributed by atoms with Crippen molar-refractivity contribution in [1.82, 2.24) is 0 Å². The summed E-state index contributed by atoms with van der Waals surface area (Å²) < 4.78 is 11.4. The van der Waals surface area contributed by atoms with Gasteiger partial charge in [-0.2, -0.15) is 0 Å². The Morgan fingerprint density at radius 1 is 1.16 bits per heavy atom. The van der Waals surface area contributed by atoms with Gasteiger partial charge in [0.1, 0.15) is 5.75 Å². The maximum atomic E-state index is 5.97. The number of nitrogens with zero attached hydrogens (tertiary/aromatic N) is 1. The van der Waals surface area contributed by atoms with E-state index in [4.69, 9.17) is 9.47 Å². The van der Waals surface area contributed by atoms with Crippen LogP contribution in [0.25, 0.3) is 0 Å². The van der Waals surface area contributed by atoms with Crippen LogP contribution in [0, 0.1) is 12.3 Å². The molecule has 0 bridgehead atoms. The number of ether oxygens (including phenoxy) is 2. The van der Waals surface area contributed by atoms with Crippen LogP contribution >= 0.6 is 0 Å². The van der Waals surface area contributed by atoms with Crippen LogP contribution in [0.15, 0.2) is 12.1 Å². The Morgan fingerprint density at radius 3 is 2.63 bits per heavy atom. The zero-order chi connectivity index (χ0) is 13.5. The smallest absolute Gasteiger partial charge is 0.124 e. The number of aryl methyl sites for hydroxylation is 1. The van der Waals surface area contributed by atoms with Gasteiger partial charge in [-0.05, 0) is 24.5 Å². The normalized spacial score (nSPS) is 21.7. The summed E-state index contributed by atoms with van der Waals surface area (Å²) in [5.41, 5.74) is 4.26. The van der Waals surface area contributed by atoms with Gasteiger partial charge in [0.2, 0.25) is 0 Å². The SMILES string of the molecule is Cc1cc2c(cc1N1CCOCC1)OCC(C)(C)C2. The van der Waals surface area contributed by atoms with E-state index in [1.807, 2.05) is 0 Å². The molecule has 0 N–H and O–H groups in total. The molecule has 0 atom stereocenters. The van der Waals surface area contributed by atoms with Gasteiger partial charge in [-0.1, -0.05) is 19.9 Å². The number of rotatable bonds is 1. The molecule has 0 aromatic heterocycles. The first-order chi connectivity index (χ1) is 9.05. The minimum Gasteiger partial charge on any atom is -0.493 e. The number of anilines is 1. The summed E-state index contributed by atoms with van der Waals surface area (Å²) >= 11 is 0. The van der Waals surface area contributed by atoms with Crippen LogP contribution in [0.2, 0.25) is 0 Å². The van der Waals surface area contributed by atoms with Crippen molar-refractivity contribution < 1.29 is 9.47 Å². The predicted octanol–water partition coefficient (Wildman–Crippen LogP) is 2.79. The Labute approximate surface area is 115 Å². The van der Waals surface area contributed by atoms with Crippen molar-refractivity contribution in [3.8, 4) is 5.75 Å². The molecule has 0 unspecified atom stereocenters. The zero-order valence-corrected chi connectivity index (χ0v) is 12.2. The van der Waals surface area contributed by atoms with Crippen molar-refractivity contribution in [2.75, 3.05) is 37.8 Å². The Hall–Kier alpha value is -1.22. The quantitative estimate of drug-likeness (QED) is 0.776. The predicted molar refractivity (Wildman–Crippen MR) is 77.2 cm³/mol. The maximum Gasteiger partial charge on any atom is 0.124 e. The topological polar surface area (TPSA) is 21.7 Å². The lowest BCUT2D eigenvalue weighted by molar-refractivity contribution is 0.122. The van der Waals surface area contributed by atoms with E-state index in [0.717, 1.165) is 45.1 Å². The molecule has 1 aromatic carbocycles. The lowest BCUT2D eigenvalue weighted by Gasteiger charge is -2.34. The molecule has 2 aliphatic heterocycles. The van der Waals surface area contributed by atoms with Crippen molar-refractivity contribution in [3.05, 3.63) is 23.3 Å². The summed E-state index contributed by atoms with van der Waals surface area (Å²) in [7, 11) is 0. The molecule has 19 heavy (non-hydrogen) atoms. The lowest BCUT2D eigenvalue weighted by atomic mass is 9.84. The first-order valence-corrected chi connectivity index (χ1v) is 7.14. The van der Waals surface area contributed by atoms with E-state index >= 15 is 0 Å². The number of benzene rings is 1. The second kappa shape index (κ2) is 4.71. The molecule has 0 amide bonds. The fourth-order valence-electron chi connectivity index (χ4n) is 2.99. The number of fused-ring (bicyclic) bond motifs is 1. The average molecular weight is 261 g/mol. The van der Waals surface area contributed by atoms with Gasteiger partial charge in [-0.25, -0.2) is 0 Å². The Bertz CT molecular complexity index is 476. The molecule has 2 aliphatic rings. The van der Waals surface area contributed by atoms with Crippen molar-refractivity contribution in [3.63, 3.8) is 0 Å². The molecule has 0 spiro atoms. The largest absolute Gasteiger partial charge is 0.493 e. The van der Waals surface area contributed by atoms with Crippen LogP contribution in [-0.2, 0) is 11.2 Å². The van der Waals surface area contributed by atoms with Gasteiger partial charge >= 0.3 is 0 Å². The third-order valence-corrected chi connectivity index (χ3v) is 4.02. The van der Waals surface area contributed by atoms with Crippen molar-refractivity contribution in [2.24, 2.45) is 5.41 Å². The summed E-state index contributed by atoms with van der Waals surface area (Å²) in [5, 5.41) is 0. The Morgan fingerprint density at radius 2 is 1.89 bits per heavy atom. The van der Waals surface area contributed by atoms with Crippen LogP contribution in [0.3, 0.4) is 0 Å². The van der Waals surface area contributed by atoms with Crippen molar-refractivity contribution in [1.29, 1.82) is 0 Å². The highest BCUT2D eigenvalue weighted by molar-refractivity contribution is 5.60. The average Bonchev–Trinajstić information content (AvgIpc) is 2.38. The van der Waals surface area contributed by atoms with E-state index in [0.29, 0.717) is 0 Å². The fraction of sp³-hybridized carbons (Fsp3) is 0.625. The van der Waals surface area contributed by atoms with Gasteiger partial charge in [0.05, 0.1) is 19.8 Å². The molecular formula is C16H23NO2. The second-order valence-corrected chi connectivity index (χ2v) is 6.48. The molecule has 3 rings (SSSR count). The fourth-order valence-corrected chi connectivity index (χ4v) is 2.99. The molecule has 0 aliphatic carbocycles. The molecule has 1 saturated heterocycles. The monoisotopic (exact) mass is 261 g/mol. The third kappa shape index (κ3) is 2.57. The molecule has 3 heteroatoms. The molecule has 1 fully saturated rings. The van der Waals surface area contributed by atoms with Crippen LogP contribution in [-0.4, -0.2) is 32.9 Å². The Kier molecular flexibility index (Phi) is 3.17. The van der Waals surface area contributed by atoms with E-state index in [-0.39, 0.29) is 5.41 Å². The Balaban J connectivity index is 1.91. The van der Waals surface area contributed by atoms with E-state index < -0.39 is 0 Å². The molecule has 104 valence electrons. The van der Waals surface area contributed by atoms with Gasteiger partial charge in [-0.3, -0.25) is 0 Å². The third-order valence-electron chi connectivity index (χ3n) is 4.02. The summed E-state index contributed by atoms with van der Waals surface area (Å²) in [6, 6.07) is 4.53. The van der Waals surface area contributed by atoms with E-state index in [2.05, 4.69) is 37.8 Å². The zero-order valence-electron chi connectivity index (χ0n) is 12.2. The van der Waals surface area contributed by atoms with Crippen LogP contribution < -0.4 is 9.64 Å². The molecule has 2 heterocycles. The molecule has 3 nitrogen and oxygen atoms in total. The second-order valence-electron chi connectivity index (χ2n) is 6.48. The number of hydrogen-bond acceptors (Lipinski definition) is 3. The van der Waals surface area contributed by atoms with E-state index in [1.165, 1.54) is 16.8 Å². The lowest BCUT2D eigenvalue weighted by Crippen LogP contribution is -2.37. The maximum absolute atomic E-state index is 5.97. The van der Waals surface area contributed by atoms with Gasteiger partial charge in [-0.15, -0.1) is 0 Å². The van der Waals surface area contributed by atoms with Crippen LogP contribution in [0.5, 0.6) is 5.75 Å². The highest BCUT2D eigenvalue weighted by Gasteiger charge is 2.28. The molecule has 0 radical (unpaired) electrons. The summed E-state index contributed by atoms with van der Waals surface area (Å²) in [6.07, 6.45) is 1.10.